The second kappa shape index (κ2) is 7.49. The number of amides is 1. The Morgan fingerprint density at radius 3 is 2.39 bits per heavy atom. The molecule has 0 aliphatic carbocycles. The molecule has 7 heteroatoms. The molecule has 1 aromatic heterocycles. The van der Waals surface area contributed by atoms with Crippen molar-refractivity contribution in [1.29, 1.82) is 0 Å². The fraction of sp³-hybridized carbons (Fsp3) is 0.238. The number of methoxy groups -OCH3 is 1. The normalized spacial score (nSPS) is 15.8. The van der Waals surface area contributed by atoms with Crippen molar-refractivity contribution in [2.24, 2.45) is 0 Å². The van der Waals surface area contributed by atoms with Crippen molar-refractivity contribution < 1.29 is 14.3 Å². The van der Waals surface area contributed by atoms with Crippen LogP contribution in [0.15, 0.2) is 41.1 Å². The van der Waals surface area contributed by atoms with E-state index in [0.717, 1.165) is 22.6 Å². The zero-order chi connectivity index (χ0) is 20.7. The van der Waals surface area contributed by atoms with Crippen LogP contribution in [0, 0.1) is 13.8 Å². The number of likely N-dealkylation sites (N-methyl/N-ethyl adjacent to an activating group) is 1. The summed E-state index contributed by atoms with van der Waals surface area (Å²) in [4.78, 5) is 26.4. The average molecular weight is 419 g/mol. The Morgan fingerprint density at radius 2 is 1.79 bits per heavy atom. The number of ether oxygens (including phenoxy) is 1. The van der Waals surface area contributed by atoms with Gasteiger partial charge in [-0.25, -0.2) is 4.79 Å². The first-order chi connectivity index (χ1) is 13.2. The van der Waals surface area contributed by atoms with Crippen LogP contribution < -0.4 is 0 Å². The lowest BCUT2D eigenvalue weighted by Crippen LogP contribution is -2.19. The fourth-order valence-corrected chi connectivity index (χ4v) is 3.70. The third kappa shape index (κ3) is 3.25. The molecule has 1 aliphatic rings. The van der Waals surface area contributed by atoms with Gasteiger partial charge in [-0.15, -0.1) is 0 Å². The molecule has 0 saturated heterocycles. The lowest BCUT2D eigenvalue weighted by molar-refractivity contribution is -0.136. The fourth-order valence-electron chi connectivity index (χ4n) is 3.41. The predicted octanol–water partition coefficient (Wildman–Crippen LogP) is 4.70. The van der Waals surface area contributed by atoms with Crippen molar-refractivity contribution in [2.75, 3.05) is 14.2 Å². The number of halogens is 2. The summed E-state index contributed by atoms with van der Waals surface area (Å²) < 4.78 is 6.89. The second-order valence-electron chi connectivity index (χ2n) is 6.63. The predicted molar refractivity (Wildman–Crippen MR) is 111 cm³/mol. The molecule has 0 atom stereocenters. The summed E-state index contributed by atoms with van der Waals surface area (Å²) in [6, 6.07) is 7.37. The number of nitrogens with zero attached hydrogens (tertiary/aromatic N) is 2. The highest BCUT2D eigenvalue weighted by atomic mass is 35.5. The van der Waals surface area contributed by atoms with Gasteiger partial charge in [-0.3, -0.25) is 4.79 Å². The maximum absolute atomic E-state index is 12.7. The van der Waals surface area contributed by atoms with Crippen LogP contribution in [-0.2, 0) is 14.3 Å². The third-order valence-electron chi connectivity index (χ3n) is 4.99. The number of hydrogen-bond acceptors (Lipinski definition) is 3. The maximum Gasteiger partial charge on any atom is 0.340 e. The van der Waals surface area contributed by atoms with Crippen molar-refractivity contribution in [3.8, 4) is 5.69 Å². The van der Waals surface area contributed by atoms with Crippen LogP contribution in [0.5, 0.6) is 0 Å². The van der Waals surface area contributed by atoms with E-state index in [-0.39, 0.29) is 11.5 Å². The number of carbonyl (C=O) groups excluding carboxylic acids is 2. The molecule has 2 heterocycles. The van der Waals surface area contributed by atoms with Gasteiger partial charge < -0.3 is 14.2 Å². The van der Waals surface area contributed by atoms with E-state index in [4.69, 9.17) is 27.9 Å². The highest BCUT2D eigenvalue weighted by molar-refractivity contribution is 6.42. The van der Waals surface area contributed by atoms with E-state index in [2.05, 4.69) is 0 Å². The van der Waals surface area contributed by atoms with Gasteiger partial charge in [0.05, 0.1) is 28.3 Å². The molecular formula is C21H20Cl2N2O3. The van der Waals surface area contributed by atoms with Crippen LogP contribution in [0.2, 0.25) is 10.0 Å². The molecule has 0 bridgehead atoms. The van der Waals surface area contributed by atoms with Crippen LogP contribution in [0.3, 0.4) is 0 Å². The van der Waals surface area contributed by atoms with Crippen LogP contribution in [-0.4, -0.2) is 35.5 Å². The summed E-state index contributed by atoms with van der Waals surface area (Å²) in [5.41, 5.74) is 4.74. The quantitative estimate of drug-likeness (QED) is 0.535. The molecule has 0 N–H and O–H groups in total. The first kappa shape index (κ1) is 20.2. The number of aromatic nitrogens is 1. The summed E-state index contributed by atoms with van der Waals surface area (Å²) in [6.45, 7) is 5.63. The molecule has 1 aliphatic heterocycles. The Morgan fingerprint density at radius 1 is 1.11 bits per heavy atom. The number of allylic oxidation sites excluding steroid dienone is 1. The van der Waals surface area contributed by atoms with Crippen molar-refractivity contribution >= 4 is 41.2 Å². The minimum atomic E-state index is -0.528. The summed E-state index contributed by atoms with van der Waals surface area (Å²) >= 11 is 12.2. The summed E-state index contributed by atoms with van der Waals surface area (Å²) in [7, 11) is 2.94. The van der Waals surface area contributed by atoms with Crippen molar-refractivity contribution in [3.63, 3.8) is 0 Å². The number of hydrogen-bond donors (Lipinski definition) is 0. The first-order valence-corrected chi connectivity index (χ1v) is 9.36. The standard InChI is InChI=1S/C21H20Cl2N2O3/c1-11-8-14(12(2)25(11)15-6-7-17(22)18(23)10-15)9-16-19(21(27)28-5)13(3)24(4)20(16)26/h6-10H,1-5H3/b16-9-. The number of benzene rings is 1. The zero-order valence-corrected chi connectivity index (χ0v) is 17.8. The lowest BCUT2D eigenvalue weighted by atomic mass is 10.0. The molecule has 0 spiro atoms. The van der Waals surface area contributed by atoms with E-state index in [1.54, 1.807) is 32.2 Å². The van der Waals surface area contributed by atoms with E-state index >= 15 is 0 Å². The SMILES string of the molecule is COC(=O)C1=C(C)N(C)C(=O)/C1=C\c1cc(C)n(-c2ccc(Cl)c(Cl)c2)c1C. The topological polar surface area (TPSA) is 51.5 Å². The minimum absolute atomic E-state index is 0.239. The molecule has 1 amide bonds. The van der Waals surface area contributed by atoms with Gasteiger partial charge in [0, 0.05) is 29.8 Å². The molecule has 0 fully saturated rings. The number of carbonyl (C=O) groups is 2. The Labute approximate surface area is 173 Å². The van der Waals surface area contributed by atoms with Gasteiger partial charge in [0.25, 0.3) is 5.91 Å². The first-order valence-electron chi connectivity index (χ1n) is 8.61. The van der Waals surface area contributed by atoms with Crippen molar-refractivity contribution in [2.45, 2.75) is 20.8 Å². The molecule has 3 rings (SSSR count). The highest BCUT2D eigenvalue weighted by Gasteiger charge is 2.35. The van der Waals surface area contributed by atoms with Gasteiger partial charge in [-0.05, 0) is 56.7 Å². The largest absolute Gasteiger partial charge is 0.465 e. The summed E-state index contributed by atoms with van der Waals surface area (Å²) in [6.07, 6.45) is 1.73. The number of esters is 1. The van der Waals surface area contributed by atoms with E-state index in [9.17, 15) is 9.59 Å². The van der Waals surface area contributed by atoms with Crippen LogP contribution in [0.4, 0.5) is 0 Å². The Kier molecular flexibility index (Phi) is 5.41. The molecule has 2 aromatic rings. The molecule has 5 nitrogen and oxygen atoms in total. The van der Waals surface area contributed by atoms with Crippen molar-refractivity contribution in [3.05, 3.63) is 68.1 Å². The smallest absolute Gasteiger partial charge is 0.340 e. The van der Waals surface area contributed by atoms with Crippen LogP contribution in [0.1, 0.15) is 23.9 Å². The number of aryl methyl sites for hydroxylation is 1. The van der Waals surface area contributed by atoms with Gasteiger partial charge in [-0.2, -0.15) is 0 Å². The van der Waals surface area contributed by atoms with Gasteiger partial charge in [0.2, 0.25) is 0 Å². The third-order valence-corrected chi connectivity index (χ3v) is 5.73. The molecular weight excluding hydrogens is 399 g/mol. The average Bonchev–Trinajstić information content (AvgIpc) is 3.05. The minimum Gasteiger partial charge on any atom is -0.465 e. The Balaban J connectivity index is 2.14. The van der Waals surface area contributed by atoms with Gasteiger partial charge in [0.15, 0.2) is 0 Å². The zero-order valence-electron chi connectivity index (χ0n) is 16.3. The van der Waals surface area contributed by atoms with E-state index < -0.39 is 5.97 Å². The molecule has 0 unspecified atom stereocenters. The van der Waals surface area contributed by atoms with Crippen LogP contribution >= 0.6 is 23.2 Å². The molecule has 0 radical (unpaired) electrons. The monoisotopic (exact) mass is 418 g/mol. The number of rotatable bonds is 3. The highest BCUT2D eigenvalue weighted by Crippen LogP contribution is 2.33. The van der Waals surface area contributed by atoms with Crippen LogP contribution in [0.25, 0.3) is 11.8 Å². The molecule has 146 valence electrons. The Bertz CT molecular complexity index is 1060. The van der Waals surface area contributed by atoms with Gasteiger partial charge in [-0.1, -0.05) is 23.2 Å². The van der Waals surface area contributed by atoms with Gasteiger partial charge in [0.1, 0.15) is 0 Å². The second-order valence-corrected chi connectivity index (χ2v) is 7.45. The van der Waals surface area contributed by atoms with E-state index in [1.807, 2.05) is 30.5 Å². The van der Waals surface area contributed by atoms with E-state index in [1.165, 1.54) is 12.0 Å². The Hall–Kier alpha value is -2.50. The van der Waals surface area contributed by atoms with Crippen molar-refractivity contribution in [1.82, 2.24) is 9.47 Å². The molecule has 0 saturated carbocycles. The summed E-state index contributed by atoms with van der Waals surface area (Å²) in [5, 5.41) is 0.948. The molecule has 28 heavy (non-hydrogen) atoms. The van der Waals surface area contributed by atoms with Gasteiger partial charge >= 0.3 is 5.97 Å². The summed E-state index contributed by atoms with van der Waals surface area (Å²) in [5.74, 6) is -0.767. The lowest BCUT2D eigenvalue weighted by Gasteiger charge is -2.11. The molecule has 1 aromatic carbocycles. The maximum atomic E-state index is 12.7. The van der Waals surface area contributed by atoms with E-state index in [0.29, 0.717) is 21.3 Å².